The van der Waals surface area contributed by atoms with E-state index in [1.54, 1.807) is 25.3 Å². The number of nitrogens with zero attached hydrogens (tertiary/aromatic N) is 1. The molecule has 3 aliphatic carbocycles. The molecule has 2 bridgehead atoms. The minimum Gasteiger partial charge on any atom is -0.497 e. The van der Waals surface area contributed by atoms with E-state index in [2.05, 4.69) is 29.4 Å². The van der Waals surface area contributed by atoms with Crippen LogP contribution in [0.1, 0.15) is 56.3 Å². The molecule has 1 aromatic carbocycles. The maximum absolute atomic E-state index is 12.9. The van der Waals surface area contributed by atoms with Crippen molar-refractivity contribution in [1.82, 2.24) is 15.5 Å². The zero-order valence-electron chi connectivity index (χ0n) is 18.9. The van der Waals surface area contributed by atoms with Crippen LogP contribution in [0.5, 0.6) is 11.5 Å². The van der Waals surface area contributed by atoms with E-state index >= 15 is 0 Å². The quantitative estimate of drug-likeness (QED) is 0.621. The fourth-order valence-electron chi connectivity index (χ4n) is 5.62. The normalized spacial score (nSPS) is 28.8. The highest BCUT2D eigenvalue weighted by Gasteiger charge is 2.57. The standard InChI is InChI=1S/C24H35N3O4/c1-4-27(5-2)12-6-11-25-22(28)20-13-17-8-7-16(20)15-24(17)26-23(29)19-10-9-18(30-3)14-21(19)31-24/h9-10,14,16-17,20H,4-8,11-13,15H2,1-3H3,(H,25,28)(H,26,29)/t16-,17+,20-,24-/m0/s1. The molecule has 31 heavy (non-hydrogen) atoms. The SMILES string of the molecule is CCN(CC)CCCNC(=O)[C@H]1C[C@H]2CC[C@H]1C[C@@]21NC(=O)c2ccc(OC)cc2O1. The van der Waals surface area contributed by atoms with E-state index in [1.807, 2.05) is 0 Å². The second kappa shape index (κ2) is 9.07. The molecule has 2 amide bonds. The molecule has 1 aliphatic heterocycles. The van der Waals surface area contributed by atoms with Crippen molar-refractivity contribution in [3.05, 3.63) is 23.8 Å². The smallest absolute Gasteiger partial charge is 0.258 e. The van der Waals surface area contributed by atoms with Gasteiger partial charge in [-0.05, 0) is 63.4 Å². The summed E-state index contributed by atoms with van der Waals surface area (Å²) in [5.74, 6) is 1.67. The minimum atomic E-state index is -0.709. The average Bonchev–Trinajstić information content (AvgIpc) is 2.78. The van der Waals surface area contributed by atoms with Gasteiger partial charge in [0.15, 0.2) is 5.72 Å². The van der Waals surface area contributed by atoms with Crippen molar-refractivity contribution < 1.29 is 19.1 Å². The maximum atomic E-state index is 12.9. The van der Waals surface area contributed by atoms with Gasteiger partial charge in [0.2, 0.25) is 5.91 Å². The molecule has 0 aromatic heterocycles. The lowest BCUT2D eigenvalue weighted by Gasteiger charge is -2.55. The highest BCUT2D eigenvalue weighted by Crippen LogP contribution is 2.52. The Morgan fingerprint density at radius 2 is 2.13 bits per heavy atom. The number of carbonyl (C=O) groups is 2. The van der Waals surface area contributed by atoms with Crippen LogP contribution in [-0.2, 0) is 4.79 Å². The molecule has 7 nitrogen and oxygen atoms in total. The number of methoxy groups -OCH3 is 1. The van der Waals surface area contributed by atoms with Crippen LogP contribution in [0.3, 0.4) is 0 Å². The van der Waals surface area contributed by atoms with Crippen LogP contribution in [0.15, 0.2) is 18.2 Å². The van der Waals surface area contributed by atoms with Crippen molar-refractivity contribution >= 4 is 11.8 Å². The molecule has 4 aliphatic rings. The van der Waals surface area contributed by atoms with E-state index in [4.69, 9.17) is 9.47 Å². The third-order valence-electron chi connectivity index (χ3n) is 7.45. The maximum Gasteiger partial charge on any atom is 0.258 e. The van der Waals surface area contributed by atoms with Gasteiger partial charge in [-0.1, -0.05) is 13.8 Å². The first-order valence-corrected chi connectivity index (χ1v) is 11.7. The Bertz CT molecular complexity index is 825. The lowest BCUT2D eigenvalue weighted by molar-refractivity contribution is -0.146. The molecular weight excluding hydrogens is 394 g/mol. The van der Waals surface area contributed by atoms with E-state index in [0.717, 1.165) is 51.9 Å². The zero-order valence-corrected chi connectivity index (χ0v) is 18.9. The van der Waals surface area contributed by atoms with Gasteiger partial charge in [-0.3, -0.25) is 9.59 Å². The number of rotatable bonds is 8. The Kier molecular flexibility index (Phi) is 6.42. The topological polar surface area (TPSA) is 79.9 Å². The molecule has 0 radical (unpaired) electrons. The van der Waals surface area contributed by atoms with Crippen LogP contribution in [0.25, 0.3) is 0 Å². The van der Waals surface area contributed by atoms with E-state index in [9.17, 15) is 9.59 Å². The van der Waals surface area contributed by atoms with E-state index in [1.165, 1.54) is 0 Å². The largest absolute Gasteiger partial charge is 0.497 e. The first-order valence-electron chi connectivity index (χ1n) is 11.7. The van der Waals surface area contributed by atoms with Crippen molar-refractivity contribution in [2.45, 2.75) is 51.7 Å². The molecule has 1 heterocycles. The fraction of sp³-hybridized carbons (Fsp3) is 0.667. The molecule has 2 N–H and O–H groups in total. The number of amides is 2. The minimum absolute atomic E-state index is 0.00466. The summed E-state index contributed by atoms with van der Waals surface area (Å²) in [6.07, 6.45) is 4.38. The van der Waals surface area contributed by atoms with Crippen molar-refractivity contribution in [3.63, 3.8) is 0 Å². The van der Waals surface area contributed by atoms with Crippen LogP contribution in [0, 0.1) is 17.8 Å². The number of benzene rings is 1. The van der Waals surface area contributed by atoms with Gasteiger partial charge in [-0.25, -0.2) is 0 Å². The molecule has 4 atom stereocenters. The summed E-state index contributed by atoms with van der Waals surface area (Å²) in [4.78, 5) is 28.1. The third kappa shape index (κ3) is 4.25. The number of hydrogen-bond acceptors (Lipinski definition) is 5. The molecule has 5 rings (SSSR count). The van der Waals surface area contributed by atoms with Crippen molar-refractivity contribution in [2.75, 3.05) is 33.3 Å². The van der Waals surface area contributed by atoms with Crippen LogP contribution >= 0.6 is 0 Å². The summed E-state index contributed by atoms with van der Waals surface area (Å²) < 4.78 is 11.7. The molecule has 3 fully saturated rings. The molecule has 3 saturated carbocycles. The Morgan fingerprint density at radius 3 is 2.81 bits per heavy atom. The Morgan fingerprint density at radius 1 is 1.32 bits per heavy atom. The van der Waals surface area contributed by atoms with Crippen molar-refractivity contribution in [1.29, 1.82) is 0 Å². The van der Waals surface area contributed by atoms with Gasteiger partial charge in [0.1, 0.15) is 11.5 Å². The number of ether oxygens (including phenoxy) is 2. The predicted molar refractivity (Wildman–Crippen MR) is 118 cm³/mol. The second-order valence-electron chi connectivity index (χ2n) is 9.06. The highest BCUT2D eigenvalue weighted by molar-refractivity contribution is 5.98. The highest BCUT2D eigenvalue weighted by atomic mass is 16.5. The second-order valence-corrected chi connectivity index (χ2v) is 9.06. The van der Waals surface area contributed by atoms with E-state index in [-0.39, 0.29) is 29.6 Å². The third-order valence-corrected chi connectivity index (χ3v) is 7.45. The van der Waals surface area contributed by atoms with E-state index < -0.39 is 5.72 Å². The Labute approximate surface area is 184 Å². The first kappa shape index (κ1) is 21.9. The molecule has 1 aromatic rings. The Hall–Kier alpha value is -2.28. The van der Waals surface area contributed by atoms with Gasteiger partial charge in [-0.2, -0.15) is 0 Å². The summed E-state index contributed by atoms with van der Waals surface area (Å²) in [6, 6.07) is 5.30. The van der Waals surface area contributed by atoms with Crippen molar-refractivity contribution in [2.24, 2.45) is 17.8 Å². The molecule has 170 valence electrons. The van der Waals surface area contributed by atoms with Gasteiger partial charge < -0.3 is 25.0 Å². The van der Waals surface area contributed by atoms with Gasteiger partial charge in [-0.15, -0.1) is 0 Å². The molecule has 7 heteroatoms. The zero-order chi connectivity index (χ0) is 22.0. The lowest BCUT2D eigenvalue weighted by Crippen LogP contribution is -2.66. The summed E-state index contributed by atoms with van der Waals surface area (Å²) >= 11 is 0. The van der Waals surface area contributed by atoms with Crippen LogP contribution in [0.2, 0.25) is 0 Å². The number of hydrogen-bond donors (Lipinski definition) is 2. The molecule has 1 spiro atoms. The van der Waals surface area contributed by atoms with Gasteiger partial charge in [0.25, 0.3) is 5.91 Å². The fourth-order valence-corrected chi connectivity index (χ4v) is 5.62. The predicted octanol–water partition coefficient (Wildman–Crippen LogP) is 2.80. The van der Waals surface area contributed by atoms with Crippen LogP contribution in [-0.4, -0.2) is 55.7 Å². The van der Waals surface area contributed by atoms with Crippen molar-refractivity contribution in [3.8, 4) is 11.5 Å². The summed E-state index contributed by atoms with van der Waals surface area (Å²) in [7, 11) is 1.61. The summed E-state index contributed by atoms with van der Waals surface area (Å²) in [5.41, 5.74) is -0.172. The summed E-state index contributed by atoms with van der Waals surface area (Å²) in [5, 5.41) is 6.32. The molecule has 0 unspecified atom stereocenters. The molecule has 0 saturated heterocycles. The lowest BCUT2D eigenvalue weighted by atomic mass is 9.60. The number of carbonyl (C=O) groups excluding carboxylic acids is 2. The first-order chi connectivity index (χ1) is 15.0. The van der Waals surface area contributed by atoms with E-state index in [0.29, 0.717) is 23.5 Å². The summed E-state index contributed by atoms with van der Waals surface area (Å²) in [6.45, 7) is 8.14. The number of nitrogens with one attached hydrogen (secondary N) is 2. The van der Waals surface area contributed by atoms with Crippen LogP contribution < -0.4 is 20.1 Å². The monoisotopic (exact) mass is 429 g/mol. The van der Waals surface area contributed by atoms with Gasteiger partial charge in [0, 0.05) is 30.9 Å². The van der Waals surface area contributed by atoms with Gasteiger partial charge in [0.05, 0.1) is 12.7 Å². The average molecular weight is 430 g/mol. The Balaban J connectivity index is 1.39. The number of fused-ring (bicyclic) bond motifs is 3. The van der Waals surface area contributed by atoms with Crippen LogP contribution in [0.4, 0.5) is 0 Å². The molecular formula is C24H35N3O4. The van der Waals surface area contributed by atoms with Gasteiger partial charge >= 0.3 is 0 Å².